The first-order chi connectivity index (χ1) is 9.98. The molecular formula is C12H16N6O2S. The molecular weight excluding hydrogens is 292 g/mol. The van der Waals surface area contributed by atoms with Crippen LogP contribution in [0.1, 0.15) is 12.8 Å². The van der Waals surface area contributed by atoms with E-state index < -0.39 is 9.84 Å². The van der Waals surface area contributed by atoms with Crippen molar-refractivity contribution in [2.45, 2.75) is 17.7 Å². The molecule has 0 aromatic carbocycles. The first-order valence-corrected chi connectivity index (χ1v) is 8.48. The van der Waals surface area contributed by atoms with Gasteiger partial charge in [-0.1, -0.05) is 0 Å². The van der Waals surface area contributed by atoms with Gasteiger partial charge in [-0.25, -0.2) is 18.4 Å². The molecule has 0 unspecified atom stereocenters. The smallest absolute Gasteiger partial charge is 0.252 e. The maximum absolute atomic E-state index is 12.1. The Balaban J connectivity index is 2.20. The Morgan fingerprint density at radius 2 is 1.81 bits per heavy atom. The first kappa shape index (κ1) is 13.8. The summed E-state index contributed by atoms with van der Waals surface area (Å²) in [5.74, 6) is 0.691. The third kappa shape index (κ3) is 2.44. The monoisotopic (exact) mass is 308 g/mol. The molecule has 0 atom stereocenters. The van der Waals surface area contributed by atoms with Crippen LogP contribution in [0.2, 0.25) is 0 Å². The number of hydrogen-bond acceptors (Lipinski definition) is 7. The normalized spacial score (nSPS) is 15.6. The second kappa shape index (κ2) is 4.99. The topological polar surface area (TPSA) is 107 Å². The lowest BCUT2D eigenvalue weighted by Gasteiger charge is -2.15. The Labute approximate surface area is 122 Å². The number of anilines is 2. The minimum Gasteiger partial charge on any atom is -0.382 e. The highest BCUT2D eigenvalue weighted by Crippen LogP contribution is 2.32. The van der Waals surface area contributed by atoms with Gasteiger partial charge in [0.15, 0.2) is 26.4 Å². The summed E-state index contributed by atoms with van der Waals surface area (Å²) in [5.41, 5.74) is 6.00. The van der Waals surface area contributed by atoms with Gasteiger partial charge in [-0.2, -0.15) is 4.68 Å². The van der Waals surface area contributed by atoms with Crippen molar-refractivity contribution in [3.8, 4) is 5.95 Å². The van der Waals surface area contributed by atoms with Gasteiger partial charge in [0.05, 0.1) is 0 Å². The Bertz CT molecular complexity index is 750. The van der Waals surface area contributed by atoms with Crippen LogP contribution >= 0.6 is 0 Å². The summed E-state index contributed by atoms with van der Waals surface area (Å²) in [4.78, 5) is 10.1. The van der Waals surface area contributed by atoms with E-state index in [9.17, 15) is 8.42 Å². The van der Waals surface area contributed by atoms with Crippen molar-refractivity contribution in [2.75, 3.05) is 30.0 Å². The summed E-state index contributed by atoms with van der Waals surface area (Å²) in [6.45, 7) is 1.54. The fourth-order valence-electron chi connectivity index (χ4n) is 2.45. The van der Waals surface area contributed by atoms with E-state index in [1.165, 1.54) is 4.68 Å². The molecule has 0 bridgehead atoms. The minimum absolute atomic E-state index is 0.0469. The Morgan fingerprint density at radius 1 is 1.19 bits per heavy atom. The zero-order valence-corrected chi connectivity index (χ0v) is 12.4. The molecule has 8 nitrogen and oxygen atoms in total. The summed E-state index contributed by atoms with van der Waals surface area (Å²) in [7, 11) is -3.49. The van der Waals surface area contributed by atoms with Gasteiger partial charge in [0.25, 0.3) is 5.95 Å². The zero-order chi connectivity index (χ0) is 15.0. The van der Waals surface area contributed by atoms with Crippen LogP contribution in [-0.2, 0) is 9.84 Å². The molecule has 2 N–H and O–H groups in total. The molecule has 21 heavy (non-hydrogen) atoms. The Hall–Kier alpha value is -2.16. The van der Waals surface area contributed by atoms with Crippen LogP contribution in [0.5, 0.6) is 0 Å². The summed E-state index contributed by atoms with van der Waals surface area (Å²) >= 11 is 0. The highest BCUT2D eigenvalue weighted by Gasteiger charge is 2.30. The summed E-state index contributed by atoms with van der Waals surface area (Å²) in [6.07, 6.45) is 6.27. The van der Waals surface area contributed by atoms with Gasteiger partial charge in [-0.05, 0) is 18.9 Å². The van der Waals surface area contributed by atoms with Gasteiger partial charge in [0.1, 0.15) is 0 Å². The fraction of sp³-hybridized carbons (Fsp3) is 0.417. The lowest BCUT2D eigenvalue weighted by atomic mass is 10.4. The number of nitrogens with two attached hydrogens (primary N) is 1. The standard InChI is InChI=1S/C12H16N6O2S/c1-21(19,20)9-10(13)18(12-14-5-4-6-15-12)16-11(9)17-7-2-3-8-17/h4-6H,2-3,7-8,13H2,1H3. The maximum atomic E-state index is 12.1. The SMILES string of the molecule is CS(=O)(=O)c1c(N2CCCC2)nn(-c2ncccn2)c1N. The lowest BCUT2D eigenvalue weighted by molar-refractivity contribution is 0.602. The van der Waals surface area contributed by atoms with Crippen LogP contribution in [0.4, 0.5) is 11.6 Å². The van der Waals surface area contributed by atoms with Crippen LogP contribution in [0.3, 0.4) is 0 Å². The highest BCUT2D eigenvalue weighted by molar-refractivity contribution is 7.91. The second-order valence-electron chi connectivity index (χ2n) is 4.96. The summed E-state index contributed by atoms with van der Waals surface area (Å²) < 4.78 is 25.4. The van der Waals surface area contributed by atoms with E-state index in [1.807, 2.05) is 4.90 Å². The van der Waals surface area contributed by atoms with Crippen LogP contribution in [0, 0.1) is 0 Å². The van der Waals surface area contributed by atoms with Crippen molar-refractivity contribution in [2.24, 2.45) is 0 Å². The van der Waals surface area contributed by atoms with Gasteiger partial charge in [0, 0.05) is 31.7 Å². The molecule has 1 fully saturated rings. The van der Waals surface area contributed by atoms with Crippen molar-refractivity contribution in [3.63, 3.8) is 0 Å². The predicted molar refractivity (Wildman–Crippen MR) is 78.1 cm³/mol. The van der Waals surface area contributed by atoms with E-state index in [4.69, 9.17) is 5.73 Å². The van der Waals surface area contributed by atoms with Crippen molar-refractivity contribution in [1.29, 1.82) is 0 Å². The zero-order valence-electron chi connectivity index (χ0n) is 11.6. The number of nitrogens with zero attached hydrogens (tertiary/aromatic N) is 5. The number of hydrogen-bond donors (Lipinski definition) is 1. The fourth-order valence-corrected chi connectivity index (χ4v) is 3.42. The number of rotatable bonds is 3. The molecule has 3 rings (SSSR count). The van der Waals surface area contributed by atoms with Gasteiger partial charge in [-0.15, -0.1) is 5.10 Å². The quantitative estimate of drug-likeness (QED) is 0.866. The van der Waals surface area contributed by atoms with Gasteiger partial charge in [-0.3, -0.25) is 0 Å². The molecule has 1 aliphatic heterocycles. The van der Waals surface area contributed by atoms with Crippen molar-refractivity contribution in [1.82, 2.24) is 19.7 Å². The van der Waals surface area contributed by atoms with E-state index >= 15 is 0 Å². The number of aromatic nitrogens is 4. The molecule has 0 saturated carbocycles. The average Bonchev–Trinajstić information content (AvgIpc) is 3.05. The van der Waals surface area contributed by atoms with Gasteiger partial charge in [0.2, 0.25) is 0 Å². The average molecular weight is 308 g/mol. The molecule has 0 amide bonds. The van der Waals surface area contributed by atoms with E-state index in [-0.39, 0.29) is 16.7 Å². The van der Waals surface area contributed by atoms with Crippen molar-refractivity contribution < 1.29 is 8.42 Å². The van der Waals surface area contributed by atoms with Gasteiger partial charge < -0.3 is 10.6 Å². The third-order valence-electron chi connectivity index (χ3n) is 3.38. The minimum atomic E-state index is -3.49. The first-order valence-electron chi connectivity index (χ1n) is 6.59. The molecule has 112 valence electrons. The molecule has 0 spiro atoms. The predicted octanol–water partition coefficient (Wildman–Crippen LogP) is 0.248. The molecule has 0 aliphatic carbocycles. The van der Waals surface area contributed by atoms with Crippen molar-refractivity contribution >= 4 is 21.5 Å². The molecule has 2 aromatic heterocycles. The highest BCUT2D eigenvalue weighted by atomic mass is 32.2. The largest absolute Gasteiger partial charge is 0.382 e. The maximum Gasteiger partial charge on any atom is 0.252 e. The van der Waals surface area contributed by atoms with Crippen LogP contribution in [-0.4, -0.2) is 47.5 Å². The van der Waals surface area contributed by atoms with Crippen molar-refractivity contribution in [3.05, 3.63) is 18.5 Å². The molecule has 9 heteroatoms. The van der Waals surface area contributed by atoms with Crippen LogP contribution < -0.4 is 10.6 Å². The van der Waals surface area contributed by atoms with E-state index in [1.54, 1.807) is 18.5 Å². The van der Waals surface area contributed by atoms with E-state index in [0.717, 1.165) is 32.2 Å². The van der Waals surface area contributed by atoms with Crippen LogP contribution in [0.25, 0.3) is 5.95 Å². The Morgan fingerprint density at radius 3 is 2.38 bits per heavy atom. The summed E-state index contributed by atoms with van der Waals surface area (Å²) in [6, 6.07) is 1.67. The lowest BCUT2D eigenvalue weighted by Crippen LogP contribution is -2.20. The van der Waals surface area contributed by atoms with E-state index in [0.29, 0.717) is 5.82 Å². The van der Waals surface area contributed by atoms with Crippen LogP contribution in [0.15, 0.2) is 23.4 Å². The molecule has 3 heterocycles. The summed E-state index contributed by atoms with van der Waals surface area (Å²) in [5, 5.41) is 4.34. The van der Waals surface area contributed by atoms with Gasteiger partial charge >= 0.3 is 0 Å². The molecule has 1 saturated heterocycles. The number of sulfone groups is 1. The molecule has 0 radical (unpaired) electrons. The Kier molecular flexibility index (Phi) is 3.28. The third-order valence-corrected chi connectivity index (χ3v) is 4.51. The molecule has 1 aliphatic rings. The number of nitrogen functional groups attached to an aromatic ring is 1. The van der Waals surface area contributed by atoms with E-state index in [2.05, 4.69) is 15.1 Å². The molecule has 2 aromatic rings. The second-order valence-corrected chi connectivity index (χ2v) is 6.92.